The van der Waals surface area contributed by atoms with E-state index in [4.69, 9.17) is 10.00 Å². The van der Waals surface area contributed by atoms with Crippen LogP contribution in [0, 0.1) is 17.1 Å². The van der Waals surface area contributed by atoms with Gasteiger partial charge < -0.3 is 4.74 Å². The fourth-order valence-corrected chi connectivity index (χ4v) is 0.976. The number of methoxy groups -OCH3 is 1. The van der Waals surface area contributed by atoms with Crippen molar-refractivity contribution < 1.29 is 13.9 Å². The van der Waals surface area contributed by atoms with Crippen LogP contribution >= 0.6 is 0 Å². The summed E-state index contributed by atoms with van der Waals surface area (Å²) in [6, 6.07) is 3.76. The maximum absolute atomic E-state index is 12.8. The number of ether oxygens (including phenoxy) is 1. The second-order valence-corrected chi connectivity index (χ2v) is 2.30. The monoisotopic (exact) mass is 179 g/mol. The van der Waals surface area contributed by atoms with E-state index in [-0.39, 0.29) is 16.9 Å². The SMILES string of the molecule is COc1cc(F)cc(C#N)c1C=O. The highest BCUT2D eigenvalue weighted by molar-refractivity contribution is 5.83. The molecule has 0 atom stereocenters. The van der Waals surface area contributed by atoms with Crippen molar-refractivity contribution >= 4 is 6.29 Å². The van der Waals surface area contributed by atoms with Crippen LogP contribution < -0.4 is 4.74 Å². The first-order chi connectivity index (χ1) is 6.22. The van der Waals surface area contributed by atoms with Crippen LogP contribution in [0.2, 0.25) is 0 Å². The highest BCUT2D eigenvalue weighted by Crippen LogP contribution is 2.21. The van der Waals surface area contributed by atoms with E-state index in [1.807, 2.05) is 0 Å². The van der Waals surface area contributed by atoms with Crippen LogP contribution in [0.4, 0.5) is 4.39 Å². The van der Waals surface area contributed by atoms with Crippen LogP contribution in [0.5, 0.6) is 5.75 Å². The van der Waals surface area contributed by atoms with Crippen molar-refractivity contribution in [3.63, 3.8) is 0 Å². The molecule has 0 aromatic heterocycles. The number of hydrogen-bond acceptors (Lipinski definition) is 3. The molecule has 0 fully saturated rings. The molecule has 1 rings (SSSR count). The predicted molar refractivity (Wildman–Crippen MR) is 43.1 cm³/mol. The smallest absolute Gasteiger partial charge is 0.155 e. The van der Waals surface area contributed by atoms with Crippen molar-refractivity contribution in [1.29, 1.82) is 5.26 Å². The van der Waals surface area contributed by atoms with Gasteiger partial charge in [-0.3, -0.25) is 4.79 Å². The van der Waals surface area contributed by atoms with Crippen molar-refractivity contribution in [2.24, 2.45) is 0 Å². The molecular formula is C9H6FNO2. The van der Waals surface area contributed by atoms with Crippen LogP contribution in [-0.4, -0.2) is 13.4 Å². The Morgan fingerprint density at radius 2 is 2.31 bits per heavy atom. The Hall–Kier alpha value is -1.89. The average molecular weight is 179 g/mol. The zero-order valence-corrected chi connectivity index (χ0v) is 6.87. The van der Waals surface area contributed by atoms with Gasteiger partial charge in [-0.05, 0) is 6.07 Å². The molecule has 1 aromatic rings. The molecule has 66 valence electrons. The summed E-state index contributed by atoms with van der Waals surface area (Å²) in [6.45, 7) is 0. The minimum atomic E-state index is -0.598. The van der Waals surface area contributed by atoms with Gasteiger partial charge in [0.25, 0.3) is 0 Å². The molecule has 0 aliphatic carbocycles. The average Bonchev–Trinajstić information content (AvgIpc) is 2.16. The van der Waals surface area contributed by atoms with E-state index in [2.05, 4.69) is 0 Å². The fraction of sp³-hybridized carbons (Fsp3) is 0.111. The lowest BCUT2D eigenvalue weighted by molar-refractivity contribution is 0.112. The first-order valence-electron chi connectivity index (χ1n) is 3.45. The van der Waals surface area contributed by atoms with Gasteiger partial charge in [-0.15, -0.1) is 0 Å². The fourth-order valence-electron chi connectivity index (χ4n) is 0.976. The zero-order chi connectivity index (χ0) is 9.84. The first-order valence-corrected chi connectivity index (χ1v) is 3.45. The molecule has 0 amide bonds. The Labute approximate surface area is 74.4 Å². The summed E-state index contributed by atoms with van der Waals surface area (Å²) in [5, 5.41) is 8.56. The summed E-state index contributed by atoms with van der Waals surface area (Å²) >= 11 is 0. The Kier molecular flexibility index (Phi) is 2.60. The molecule has 13 heavy (non-hydrogen) atoms. The molecule has 3 nitrogen and oxygen atoms in total. The highest BCUT2D eigenvalue weighted by atomic mass is 19.1. The third-order valence-electron chi connectivity index (χ3n) is 1.57. The number of halogens is 1. The molecule has 0 aliphatic heterocycles. The van der Waals surface area contributed by atoms with Gasteiger partial charge in [0.2, 0.25) is 0 Å². The topological polar surface area (TPSA) is 50.1 Å². The molecular weight excluding hydrogens is 173 g/mol. The Morgan fingerprint density at radius 3 is 2.77 bits per heavy atom. The Bertz CT molecular complexity index is 382. The van der Waals surface area contributed by atoms with Gasteiger partial charge in [0.15, 0.2) is 6.29 Å². The lowest BCUT2D eigenvalue weighted by Gasteiger charge is -2.04. The van der Waals surface area contributed by atoms with Crippen LogP contribution in [0.25, 0.3) is 0 Å². The van der Waals surface area contributed by atoms with E-state index < -0.39 is 5.82 Å². The van der Waals surface area contributed by atoms with Crippen molar-refractivity contribution in [1.82, 2.24) is 0 Å². The van der Waals surface area contributed by atoms with Gasteiger partial charge in [0, 0.05) is 6.07 Å². The van der Waals surface area contributed by atoms with Crippen molar-refractivity contribution in [2.45, 2.75) is 0 Å². The summed E-state index contributed by atoms with van der Waals surface area (Å²) in [6.07, 6.45) is 0.469. The van der Waals surface area contributed by atoms with Crippen LogP contribution in [-0.2, 0) is 0 Å². The van der Waals surface area contributed by atoms with E-state index in [0.29, 0.717) is 6.29 Å². The van der Waals surface area contributed by atoms with E-state index >= 15 is 0 Å². The molecule has 0 aliphatic rings. The molecule has 1 aromatic carbocycles. The van der Waals surface area contributed by atoms with E-state index in [0.717, 1.165) is 12.1 Å². The molecule has 0 saturated carbocycles. The molecule has 4 heteroatoms. The number of carbonyl (C=O) groups excluding carboxylic acids is 1. The molecule has 0 heterocycles. The van der Waals surface area contributed by atoms with Gasteiger partial charge >= 0.3 is 0 Å². The van der Waals surface area contributed by atoms with Gasteiger partial charge in [-0.1, -0.05) is 0 Å². The normalized spacial score (nSPS) is 9.00. The minimum Gasteiger partial charge on any atom is -0.496 e. The third-order valence-corrected chi connectivity index (χ3v) is 1.57. The maximum Gasteiger partial charge on any atom is 0.155 e. The number of rotatable bonds is 2. The van der Waals surface area contributed by atoms with Crippen LogP contribution in [0.3, 0.4) is 0 Å². The van der Waals surface area contributed by atoms with Crippen molar-refractivity contribution in [2.75, 3.05) is 7.11 Å². The summed E-state index contributed by atoms with van der Waals surface area (Å²) in [5.74, 6) is -0.523. The standard InChI is InChI=1S/C9H6FNO2/c1-13-9-3-7(10)2-6(4-11)8(9)5-12/h2-3,5H,1H3. The molecule has 0 radical (unpaired) electrons. The minimum absolute atomic E-state index is 0.0214. The van der Waals surface area contributed by atoms with E-state index in [1.165, 1.54) is 7.11 Å². The quantitative estimate of drug-likeness (QED) is 0.646. The summed E-state index contributed by atoms with van der Waals surface area (Å²) < 4.78 is 17.5. The maximum atomic E-state index is 12.8. The lowest BCUT2D eigenvalue weighted by atomic mass is 10.1. The summed E-state index contributed by atoms with van der Waals surface area (Å²) in [7, 11) is 1.31. The Morgan fingerprint density at radius 1 is 1.62 bits per heavy atom. The van der Waals surface area contributed by atoms with E-state index in [1.54, 1.807) is 6.07 Å². The second-order valence-electron chi connectivity index (χ2n) is 2.30. The lowest BCUT2D eigenvalue weighted by Crippen LogP contribution is -1.95. The molecule has 0 saturated heterocycles. The first kappa shape index (κ1) is 9.20. The molecule has 0 bridgehead atoms. The van der Waals surface area contributed by atoms with Gasteiger partial charge in [-0.25, -0.2) is 4.39 Å². The van der Waals surface area contributed by atoms with Crippen molar-refractivity contribution in [3.8, 4) is 11.8 Å². The number of nitrogens with zero attached hydrogens (tertiary/aromatic N) is 1. The largest absolute Gasteiger partial charge is 0.496 e. The Balaban J connectivity index is 3.44. The molecule has 0 spiro atoms. The van der Waals surface area contributed by atoms with Gasteiger partial charge in [0.1, 0.15) is 17.6 Å². The molecule has 0 N–H and O–H groups in total. The van der Waals surface area contributed by atoms with Crippen molar-refractivity contribution in [3.05, 3.63) is 29.1 Å². The van der Waals surface area contributed by atoms with Gasteiger partial charge in [-0.2, -0.15) is 5.26 Å². The number of nitriles is 1. The number of benzene rings is 1. The second kappa shape index (κ2) is 3.68. The van der Waals surface area contributed by atoms with Gasteiger partial charge in [0.05, 0.1) is 18.2 Å². The number of aldehydes is 1. The highest BCUT2D eigenvalue weighted by Gasteiger charge is 2.10. The number of hydrogen-bond donors (Lipinski definition) is 0. The number of carbonyl (C=O) groups is 1. The predicted octanol–water partition coefficient (Wildman–Crippen LogP) is 1.52. The summed E-state index contributed by atoms with van der Waals surface area (Å²) in [5.41, 5.74) is 0.0539. The van der Waals surface area contributed by atoms with Crippen LogP contribution in [0.1, 0.15) is 15.9 Å². The third kappa shape index (κ3) is 1.64. The van der Waals surface area contributed by atoms with E-state index in [9.17, 15) is 9.18 Å². The van der Waals surface area contributed by atoms with Crippen LogP contribution in [0.15, 0.2) is 12.1 Å². The zero-order valence-electron chi connectivity index (χ0n) is 6.87. The summed E-state index contributed by atoms with van der Waals surface area (Å²) in [4.78, 5) is 10.5. The molecule has 0 unspecified atom stereocenters.